The Balaban J connectivity index is 1.63. The summed E-state index contributed by atoms with van der Waals surface area (Å²) in [5.74, 6) is 0.724. The lowest BCUT2D eigenvalue weighted by Gasteiger charge is -2.11. The van der Waals surface area contributed by atoms with Crippen LogP contribution in [0.15, 0.2) is 52.1 Å². The van der Waals surface area contributed by atoms with Crippen LogP contribution in [0.5, 0.6) is 0 Å². The zero-order chi connectivity index (χ0) is 17.8. The van der Waals surface area contributed by atoms with E-state index in [1.807, 2.05) is 56.3 Å². The third-order valence-corrected chi connectivity index (χ3v) is 5.07. The van der Waals surface area contributed by atoms with Crippen molar-refractivity contribution in [1.82, 2.24) is 10.3 Å². The first kappa shape index (κ1) is 17.5. The van der Waals surface area contributed by atoms with E-state index in [-0.39, 0.29) is 11.9 Å². The van der Waals surface area contributed by atoms with Gasteiger partial charge in [0.25, 0.3) is 11.1 Å². The Morgan fingerprint density at radius 3 is 2.68 bits per heavy atom. The normalized spacial score (nSPS) is 12.3. The predicted octanol–water partition coefficient (Wildman–Crippen LogP) is 4.96. The molecule has 5 heteroatoms. The molecule has 0 aliphatic rings. The van der Waals surface area contributed by atoms with E-state index >= 15 is 0 Å². The van der Waals surface area contributed by atoms with Gasteiger partial charge in [0.15, 0.2) is 5.58 Å². The molecule has 1 atom stereocenters. The van der Waals surface area contributed by atoms with Crippen molar-refractivity contribution in [2.45, 2.75) is 44.2 Å². The summed E-state index contributed by atoms with van der Waals surface area (Å²) >= 11 is 1.56. The zero-order valence-corrected chi connectivity index (χ0v) is 15.5. The summed E-state index contributed by atoms with van der Waals surface area (Å²) in [5.41, 5.74) is 4.67. The molecule has 1 heterocycles. The first-order valence-corrected chi connectivity index (χ1v) is 9.44. The molecule has 2 aromatic carbocycles. The largest absolute Gasteiger partial charge is 0.431 e. The van der Waals surface area contributed by atoms with Crippen LogP contribution in [0, 0.1) is 6.92 Å². The van der Waals surface area contributed by atoms with Gasteiger partial charge < -0.3 is 9.73 Å². The molecular formula is C20H22N2O2S. The Morgan fingerprint density at radius 1 is 1.24 bits per heavy atom. The third-order valence-electron chi connectivity index (χ3n) is 4.17. The number of hydrogen-bond donors (Lipinski definition) is 1. The van der Waals surface area contributed by atoms with Crippen molar-refractivity contribution in [3.8, 4) is 0 Å². The van der Waals surface area contributed by atoms with E-state index in [0.29, 0.717) is 10.8 Å². The van der Waals surface area contributed by atoms with E-state index in [4.69, 9.17) is 4.42 Å². The van der Waals surface area contributed by atoms with Crippen molar-refractivity contribution in [1.29, 1.82) is 0 Å². The molecule has 4 nitrogen and oxygen atoms in total. The fourth-order valence-electron chi connectivity index (χ4n) is 2.43. The standard InChI is InChI=1S/C20H22N2O2S/c1-4-14(3)21-19(23)16-10-8-15(9-11-16)12-25-20-22-18-13(2)6-5-7-17(18)24-20/h5-11,14H,4,12H2,1-3H3,(H,21,23). The molecule has 25 heavy (non-hydrogen) atoms. The lowest BCUT2D eigenvalue weighted by molar-refractivity contribution is 0.0939. The van der Waals surface area contributed by atoms with Crippen LogP contribution < -0.4 is 5.32 Å². The van der Waals surface area contributed by atoms with E-state index in [0.717, 1.165) is 34.4 Å². The van der Waals surface area contributed by atoms with E-state index in [2.05, 4.69) is 17.2 Å². The van der Waals surface area contributed by atoms with Crippen LogP contribution in [0.4, 0.5) is 0 Å². The van der Waals surface area contributed by atoms with Crippen LogP contribution >= 0.6 is 11.8 Å². The molecule has 1 amide bonds. The molecule has 0 aliphatic heterocycles. The van der Waals surface area contributed by atoms with Gasteiger partial charge in [-0.2, -0.15) is 0 Å². The maximum absolute atomic E-state index is 12.1. The van der Waals surface area contributed by atoms with Crippen molar-refractivity contribution >= 4 is 28.8 Å². The van der Waals surface area contributed by atoms with Crippen LogP contribution in [0.2, 0.25) is 0 Å². The molecule has 0 radical (unpaired) electrons. The first-order chi connectivity index (χ1) is 12.1. The summed E-state index contributed by atoms with van der Waals surface area (Å²) in [6.07, 6.45) is 0.921. The van der Waals surface area contributed by atoms with Crippen LogP contribution in [-0.4, -0.2) is 16.9 Å². The minimum absolute atomic E-state index is 0.0250. The number of carbonyl (C=O) groups is 1. The number of rotatable bonds is 6. The van der Waals surface area contributed by atoms with Crippen molar-refractivity contribution in [2.24, 2.45) is 0 Å². The van der Waals surface area contributed by atoms with E-state index in [1.54, 1.807) is 11.8 Å². The molecular weight excluding hydrogens is 332 g/mol. The van der Waals surface area contributed by atoms with Crippen molar-refractivity contribution in [2.75, 3.05) is 0 Å². The smallest absolute Gasteiger partial charge is 0.257 e. The number of aryl methyl sites for hydroxylation is 1. The minimum atomic E-state index is -0.0250. The minimum Gasteiger partial charge on any atom is -0.431 e. The molecule has 0 aliphatic carbocycles. The van der Waals surface area contributed by atoms with Gasteiger partial charge in [0.1, 0.15) is 5.52 Å². The number of hydrogen-bond acceptors (Lipinski definition) is 4. The topological polar surface area (TPSA) is 55.1 Å². The first-order valence-electron chi connectivity index (χ1n) is 8.45. The Labute approximate surface area is 152 Å². The lowest BCUT2D eigenvalue weighted by atomic mass is 10.1. The van der Waals surface area contributed by atoms with Gasteiger partial charge in [-0.05, 0) is 49.6 Å². The molecule has 1 aromatic heterocycles. The molecule has 0 spiro atoms. The lowest BCUT2D eigenvalue weighted by Crippen LogP contribution is -2.31. The van der Waals surface area contributed by atoms with Crippen LogP contribution in [0.3, 0.4) is 0 Å². The second kappa shape index (κ2) is 7.74. The van der Waals surface area contributed by atoms with Gasteiger partial charge >= 0.3 is 0 Å². The number of oxazole rings is 1. The van der Waals surface area contributed by atoms with E-state index in [9.17, 15) is 4.79 Å². The summed E-state index contributed by atoms with van der Waals surface area (Å²) in [6.45, 7) is 6.09. The number of aromatic nitrogens is 1. The van der Waals surface area contributed by atoms with Crippen LogP contribution in [0.25, 0.3) is 11.1 Å². The second-order valence-electron chi connectivity index (χ2n) is 6.17. The SMILES string of the molecule is CCC(C)NC(=O)c1ccc(CSc2nc3c(C)cccc3o2)cc1. The predicted molar refractivity (Wildman–Crippen MR) is 102 cm³/mol. The third kappa shape index (κ3) is 4.23. The number of carbonyl (C=O) groups excluding carboxylic acids is 1. The van der Waals surface area contributed by atoms with Gasteiger partial charge in [0.2, 0.25) is 0 Å². The van der Waals surface area contributed by atoms with Crippen LogP contribution in [0.1, 0.15) is 41.8 Å². The van der Waals surface area contributed by atoms with Crippen molar-refractivity contribution in [3.05, 3.63) is 59.2 Å². The highest BCUT2D eigenvalue weighted by Crippen LogP contribution is 2.27. The molecule has 0 saturated heterocycles. The second-order valence-corrected chi connectivity index (χ2v) is 7.10. The summed E-state index contributed by atoms with van der Waals surface area (Å²) in [4.78, 5) is 16.6. The van der Waals surface area contributed by atoms with Crippen molar-refractivity contribution in [3.63, 3.8) is 0 Å². The summed E-state index contributed by atoms with van der Waals surface area (Å²) in [5, 5.41) is 3.64. The highest BCUT2D eigenvalue weighted by Gasteiger charge is 2.10. The van der Waals surface area contributed by atoms with Gasteiger partial charge in [0.05, 0.1) is 0 Å². The van der Waals surface area contributed by atoms with Gasteiger partial charge in [-0.1, -0.05) is 43.0 Å². The van der Waals surface area contributed by atoms with Gasteiger partial charge in [-0.3, -0.25) is 4.79 Å². The Morgan fingerprint density at radius 2 is 2.00 bits per heavy atom. The molecule has 0 bridgehead atoms. The number of amides is 1. The number of nitrogens with zero attached hydrogens (tertiary/aromatic N) is 1. The summed E-state index contributed by atoms with van der Waals surface area (Å²) < 4.78 is 5.78. The van der Waals surface area contributed by atoms with E-state index < -0.39 is 0 Å². The molecule has 0 saturated carbocycles. The molecule has 0 fully saturated rings. The summed E-state index contributed by atoms with van der Waals surface area (Å²) in [7, 11) is 0. The van der Waals surface area contributed by atoms with Gasteiger partial charge in [-0.25, -0.2) is 4.98 Å². The molecule has 1 N–H and O–H groups in total. The van der Waals surface area contributed by atoms with Crippen LogP contribution in [-0.2, 0) is 5.75 Å². The number of thioether (sulfide) groups is 1. The van der Waals surface area contributed by atoms with Gasteiger partial charge in [-0.15, -0.1) is 0 Å². The number of para-hydroxylation sites is 1. The fourth-order valence-corrected chi connectivity index (χ4v) is 3.22. The highest BCUT2D eigenvalue weighted by molar-refractivity contribution is 7.98. The Bertz CT molecular complexity index is 871. The molecule has 1 unspecified atom stereocenters. The van der Waals surface area contributed by atoms with Gasteiger partial charge in [0, 0.05) is 17.4 Å². The molecule has 130 valence electrons. The monoisotopic (exact) mass is 354 g/mol. The zero-order valence-electron chi connectivity index (χ0n) is 14.7. The number of benzene rings is 2. The average molecular weight is 354 g/mol. The Kier molecular flexibility index (Phi) is 5.43. The molecule has 3 aromatic rings. The van der Waals surface area contributed by atoms with E-state index in [1.165, 1.54) is 0 Å². The number of nitrogens with one attached hydrogen (secondary N) is 1. The molecule has 3 rings (SSSR count). The maximum atomic E-state index is 12.1. The highest BCUT2D eigenvalue weighted by atomic mass is 32.2. The van der Waals surface area contributed by atoms with Crippen molar-refractivity contribution < 1.29 is 9.21 Å². The fraction of sp³-hybridized carbons (Fsp3) is 0.300. The maximum Gasteiger partial charge on any atom is 0.257 e. The quantitative estimate of drug-likeness (QED) is 0.636. The Hall–Kier alpha value is -2.27. The number of fused-ring (bicyclic) bond motifs is 1. The summed E-state index contributed by atoms with van der Waals surface area (Å²) in [6, 6.07) is 13.8. The average Bonchev–Trinajstić information content (AvgIpc) is 3.05.